The van der Waals surface area contributed by atoms with Crippen molar-refractivity contribution in [2.75, 3.05) is 0 Å². The normalized spacial score (nSPS) is 13.4. The molecule has 0 fully saturated rings. The molecule has 0 heterocycles. The standard InChI is InChI=1S/C6H21O3Si4/c1-10(2)8-13(5,6)9-12(7)11(3)4/h7,10-11H,1-6H3. The van der Waals surface area contributed by atoms with E-state index in [0.29, 0.717) is 0 Å². The van der Waals surface area contributed by atoms with E-state index < -0.39 is 34.7 Å². The third kappa shape index (κ3) is 6.77. The van der Waals surface area contributed by atoms with Gasteiger partial charge in [0.2, 0.25) is 0 Å². The van der Waals surface area contributed by atoms with Crippen molar-refractivity contribution in [1.82, 2.24) is 0 Å². The van der Waals surface area contributed by atoms with Crippen LogP contribution in [0.3, 0.4) is 0 Å². The average molecular weight is 254 g/mol. The summed E-state index contributed by atoms with van der Waals surface area (Å²) in [6, 6.07) is 0. The van der Waals surface area contributed by atoms with Crippen molar-refractivity contribution in [2.24, 2.45) is 0 Å². The minimum Gasteiger partial charge on any atom is -0.440 e. The molecule has 0 spiro atoms. The van der Waals surface area contributed by atoms with E-state index in [9.17, 15) is 4.80 Å². The van der Waals surface area contributed by atoms with E-state index in [1.807, 2.05) is 13.1 Å². The van der Waals surface area contributed by atoms with Gasteiger partial charge in [-0.2, -0.15) is 0 Å². The lowest BCUT2D eigenvalue weighted by Gasteiger charge is -2.28. The van der Waals surface area contributed by atoms with Crippen molar-refractivity contribution in [3.63, 3.8) is 0 Å². The van der Waals surface area contributed by atoms with Gasteiger partial charge in [0.25, 0.3) is 0 Å². The highest BCUT2D eigenvalue weighted by atomic mass is 29.2. The average Bonchev–Trinajstić information content (AvgIpc) is 1.81. The molecule has 0 rings (SSSR count). The fourth-order valence-electron chi connectivity index (χ4n) is 0.961. The molecule has 0 aliphatic heterocycles. The molecule has 0 aromatic heterocycles. The Morgan fingerprint density at radius 1 is 1.15 bits per heavy atom. The molecule has 0 aliphatic rings. The molecule has 0 saturated carbocycles. The van der Waals surface area contributed by atoms with Gasteiger partial charge in [0.1, 0.15) is 0 Å². The summed E-state index contributed by atoms with van der Waals surface area (Å²) in [4.78, 5) is 9.69. The van der Waals surface area contributed by atoms with Gasteiger partial charge >= 0.3 is 17.4 Å². The highest BCUT2D eigenvalue weighted by molar-refractivity contribution is 7.16. The first-order valence-corrected chi connectivity index (χ1v) is 15.7. The zero-order valence-corrected chi connectivity index (χ0v) is 13.7. The SMILES string of the molecule is C[SiH](C)O[Si](C)(C)O[Si](O)[SiH](C)C. The van der Waals surface area contributed by atoms with E-state index in [2.05, 4.69) is 26.2 Å². The second-order valence-electron chi connectivity index (χ2n) is 4.16. The predicted octanol–water partition coefficient (Wildman–Crippen LogP) is 0.750. The van der Waals surface area contributed by atoms with Gasteiger partial charge in [0.15, 0.2) is 9.04 Å². The highest BCUT2D eigenvalue weighted by Gasteiger charge is 2.32. The molecule has 0 atom stereocenters. The Morgan fingerprint density at radius 3 is 1.92 bits per heavy atom. The molecule has 0 saturated heterocycles. The molecular weight excluding hydrogens is 232 g/mol. The van der Waals surface area contributed by atoms with Crippen LogP contribution in [0.4, 0.5) is 0 Å². The Bertz CT molecular complexity index is 151. The summed E-state index contributed by atoms with van der Waals surface area (Å²) in [5, 5.41) is 0. The van der Waals surface area contributed by atoms with Gasteiger partial charge in [-0.1, -0.05) is 13.1 Å². The monoisotopic (exact) mass is 253 g/mol. The van der Waals surface area contributed by atoms with Crippen LogP contribution in [0.15, 0.2) is 0 Å². The fourth-order valence-corrected chi connectivity index (χ4v) is 13.8. The molecule has 0 bridgehead atoms. The molecule has 0 aromatic carbocycles. The first-order valence-electron chi connectivity index (χ1n) is 4.67. The molecule has 0 aliphatic carbocycles. The Labute approximate surface area is 87.3 Å². The lowest BCUT2D eigenvalue weighted by Crippen LogP contribution is -2.48. The van der Waals surface area contributed by atoms with Gasteiger partial charge in [0.05, 0.1) is 8.31 Å². The Kier molecular flexibility index (Phi) is 5.91. The summed E-state index contributed by atoms with van der Waals surface area (Å²) in [6.07, 6.45) is 0. The summed E-state index contributed by atoms with van der Waals surface area (Å²) < 4.78 is 11.5. The number of hydrogen-bond donors (Lipinski definition) is 1. The summed E-state index contributed by atoms with van der Waals surface area (Å²) >= 11 is 0. The molecule has 3 nitrogen and oxygen atoms in total. The molecule has 1 N–H and O–H groups in total. The minimum absolute atomic E-state index is 1.00. The second-order valence-corrected chi connectivity index (χ2v) is 18.7. The highest BCUT2D eigenvalue weighted by Crippen LogP contribution is 2.10. The van der Waals surface area contributed by atoms with Crippen LogP contribution >= 0.6 is 0 Å². The maximum Gasteiger partial charge on any atom is 0.342 e. The van der Waals surface area contributed by atoms with Crippen LogP contribution < -0.4 is 0 Å². The Morgan fingerprint density at radius 2 is 1.62 bits per heavy atom. The van der Waals surface area contributed by atoms with Crippen LogP contribution in [-0.2, 0) is 8.23 Å². The molecule has 13 heavy (non-hydrogen) atoms. The Balaban J connectivity index is 4.00. The topological polar surface area (TPSA) is 38.7 Å². The Hall–Kier alpha value is 0.748. The van der Waals surface area contributed by atoms with Crippen molar-refractivity contribution >= 4 is 34.7 Å². The van der Waals surface area contributed by atoms with E-state index in [0.717, 1.165) is 0 Å². The van der Waals surface area contributed by atoms with Crippen LogP contribution in [0, 0.1) is 0 Å². The summed E-state index contributed by atoms with van der Waals surface area (Å²) in [5.41, 5.74) is 0. The first kappa shape index (κ1) is 13.7. The largest absolute Gasteiger partial charge is 0.440 e. The molecule has 7 heteroatoms. The van der Waals surface area contributed by atoms with E-state index >= 15 is 0 Å². The maximum absolute atomic E-state index is 9.69. The van der Waals surface area contributed by atoms with E-state index in [1.54, 1.807) is 0 Å². The van der Waals surface area contributed by atoms with Crippen molar-refractivity contribution < 1.29 is 13.0 Å². The number of rotatable bonds is 5. The van der Waals surface area contributed by atoms with Gasteiger partial charge in [-0.05, 0) is 26.2 Å². The smallest absolute Gasteiger partial charge is 0.342 e. The van der Waals surface area contributed by atoms with Crippen molar-refractivity contribution in [1.29, 1.82) is 0 Å². The quantitative estimate of drug-likeness (QED) is 0.735. The number of hydrogen-bond acceptors (Lipinski definition) is 3. The summed E-state index contributed by atoms with van der Waals surface area (Å²) in [6.45, 7) is 12.6. The second kappa shape index (κ2) is 5.59. The van der Waals surface area contributed by atoms with Crippen LogP contribution in [0.1, 0.15) is 0 Å². The van der Waals surface area contributed by atoms with Gasteiger partial charge in [0, 0.05) is 0 Å². The van der Waals surface area contributed by atoms with Crippen LogP contribution in [0.5, 0.6) is 0 Å². The molecule has 79 valence electrons. The summed E-state index contributed by atoms with van der Waals surface area (Å²) in [5.74, 6) is 0. The van der Waals surface area contributed by atoms with E-state index in [-0.39, 0.29) is 0 Å². The van der Waals surface area contributed by atoms with E-state index in [1.165, 1.54) is 0 Å². The third-order valence-electron chi connectivity index (χ3n) is 1.36. The third-order valence-corrected chi connectivity index (χ3v) is 13.3. The maximum atomic E-state index is 9.69. The molecule has 0 unspecified atom stereocenters. The van der Waals surface area contributed by atoms with Crippen LogP contribution in [0.25, 0.3) is 0 Å². The molecule has 0 amide bonds. The minimum atomic E-state index is -2.00. The van der Waals surface area contributed by atoms with Crippen molar-refractivity contribution in [2.45, 2.75) is 39.3 Å². The van der Waals surface area contributed by atoms with E-state index in [4.69, 9.17) is 8.23 Å². The molecule has 0 aromatic rings. The first-order chi connectivity index (χ1) is 5.74. The van der Waals surface area contributed by atoms with Gasteiger partial charge in [-0.15, -0.1) is 0 Å². The zero-order chi connectivity index (χ0) is 10.6. The molecule has 1 radical (unpaired) electrons. The lowest BCUT2D eigenvalue weighted by molar-refractivity contribution is 0.363. The van der Waals surface area contributed by atoms with Gasteiger partial charge in [-0.3, -0.25) is 0 Å². The van der Waals surface area contributed by atoms with Gasteiger partial charge < -0.3 is 13.0 Å². The van der Waals surface area contributed by atoms with Crippen molar-refractivity contribution in [3.05, 3.63) is 0 Å². The van der Waals surface area contributed by atoms with Gasteiger partial charge in [-0.25, -0.2) is 0 Å². The lowest BCUT2D eigenvalue weighted by atomic mass is 11.9. The van der Waals surface area contributed by atoms with Crippen LogP contribution in [-0.4, -0.2) is 39.5 Å². The van der Waals surface area contributed by atoms with Crippen LogP contribution in [0.2, 0.25) is 39.3 Å². The molecular formula is C6H21O3Si4. The summed E-state index contributed by atoms with van der Waals surface area (Å²) in [7, 11) is -5.54. The fraction of sp³-hybridized carbons (Fsp3) is 1.00. The zero-order valence-electron chi connectivity index (χ0n) is 9.42. The predicted molar refractivity (Wildman–Crippen MR) is 65.4 cm³/mol. The van der Waals surface area contributed by atoms with Crippen molar-refractivity contribution in [3.8, 4) is 0 Å².